The van der Waals surface area contributed by atoms with Gasteiger partial charge in [-0.15, -0.1) is 0 Å². The van der Waals surface area contributed by atoms with Crippen molar-refractivity contribution >= 4 is 22.9 Å². The second-order valence-corrected chi connectivity index (χ2v) is 6.85. The molecule has 0 bridgehead atoms. The van der Waals surface area contributed by atoms with Crippen LogP contribution in [0.1, 0.15) is 27.2 Å². The lowest BCUT2D eigenvalue weighted by atomic mass is 10.00. The first-order chi connectivity index (χ1) is 12.8. The van der Waals surface area contributed by atoms with E-state index in [-0.39, 0.29) is 5.91 Å². The van der Waals surface area contributed by atoms with Crippen LogP contribution in [-0.4, -0.2) is 35.5 Å². The Labute approximate surface area is 152 Å². The quantitative estimate of drug-likeness (QED) is 0.729. The molecule has 130 valence electrons. The van der Waals surface area contributed by atoms with Crippen molar-refractivity contribution in [3.63, 3.8) is 0 Å². The average molecular weight is 344 g/mol. The van der Waals surface area contributed by atoms with E-state index in [0.29, 0.717) is 6.61 Å². The van der Waals surface area contributed by atoms with Crippen LogP contribution in [0, 0.1) is 0 Å². The minimum atomic E-state index is 0.116. The van der Waals surface area contributed by atoms with E-state index in [1.807, 2.05) is 41.3 Å². The number of carbonyl (C=O) groups excluding carboxylic acids is 1. The van der Waals surface area contributed by atoms with Gasteiger partial charge in [0.15, 0.2) is 0 Å². The van der Waals surface area contributed by atoms with Crippen molar-refractivity contribution in [3.8, 4) is 5.75 Å². The number of nitrogens with zero attached hydrogens (tertiary/aromatic N) is 1. The molecular weight excluding hydrogens is 324 g/mol. The first-order valence-corrected chi connectivity index (χ1v) is 9.11. The SMILES string of the molecule is O=C(c1ccccc1)N1CCc2[nH]c3ccc4c(c3c2CC1)C=CCO4. The van der Waals surface area contributed by atoms with E-state index in [0.717, 1.165) is 48.3 Å². The molecule has 0 radical (unpaired) electrons. The molecule has 0 saturated heterocycles. The van der Waals surface area contributed by atoms with Gasteiger partial charge in [0.25, 0.3) is 5.91 Å². The van der Waals surface area contributed by atoms with Crippen molar-refractivity contribution in [3.05, 3.63) is 70.9 Å². The van der Waals surface area contributed by atoms with Crippen molar-refractivity contribution in [2.24, 2.45) is 0 Å². The molecule has 4 nitrogen and oxygen atoms in total. The Hall–Kier alpha value is -3.01. The predicted octanol–water partition coefficient (Wildman–Crippen LogP) is 3.81. The molecule has 2 aromatic carbocycles. The Morgan fingerprint density at radius 3 is 2.77 bits per heavy atom. The smallest absolute Gasteiger partial charge is 0.253 e. The van der Waals surface area contributed by atoms with Gasteiger partial charge in [0.1, 0.15) is 12.4 Å². The summed E-state index contributed by atoms with van der Waals surface area (Å²) >= 11 is 0. The molecule has 0 unspecified atom stereocenters. The molecule has 0 saturated carbocycles. The Balaban J connectivity index is 1.50. The second kappa shape index (κ2) is 6.06. The zero-order valence-corrected chi connectivity index (χ0v) is 14.5. The van der Waals surface area contributed by atoms with Gasteiger partial charge in [-0.3, -0.25) is 4.79 Å². The van der Waals surface area contributed by atoms with Crippen molar-refractivity contribution < 1.29 is 9.53 Å². The lowest BCUT2D eigenvalue weighted by Crippen LogP contribution is -2.33. The van der Waals surface area contributed by atoms with Gasteiger partial charge in [0.2, 0.25) is 0 Å². The molecule has 3 aromatic rings. The van der Waals surface area contributed by atoms with Crippen molar-refractivity contribution in [2.75, 3.05) is 19.7 Å². The summed E-state index contributed by atoms with van der Waals surface area (Å²) in [5.41, 5.74) is 5.66. The second-order valence-electron chi connectivity index (χ2n) is 6.85. The molecule has 0 fully saturated rings. The fraction of sp³-hybridized carbons (Fsp3) is 0.227. The third-order valence-electron chi connectivity index (χ3n) is 5.35. The summed E-state index contributed by atoms with van der Waals surface area (Å²) in [4.78, 5) is 18.4. The summed E-state index contributed by atoms with van der Waals surface area (Å²) in [6.07, 6.45) is 5.93. The molecule has 1 aromatic heterocycles. The minimum absolute atomic E-state index is 0.116. The predicted molar refractivity (Wildman–Crippen MR) is 103 cm³/mol. The van der Waals surface area contributed by atoms with Crippen LogP contribution in [0.4, 0.5) is 0 Å². The Morgan fingerprint density at radius 2 is 1.88 bits per heavy atom. The lowest BCUT2D eigenvalue weighted by Gasteiger charge is -2.20. The molecule has 4 heteroatoms. The molecule has 0 aliphatic carbocycles. The van der Waals surface area contributed by atoms with E-state index in [1.165, 1.54) is 16.6 Å². The normalized spacial score (nSPS) is 15.9. The monoisotopic (exact) mass is 344 g/mol. The molecule has 3 heterocycles. The standard InChI is InChI=1S/C22H20N2O2/c25-22(15-5-2-1-3-6-15)24-12-10-16-18(11-13-24)23-19-8-9-20-17(21(16)19)7-4-14-26-20/h1-9,23H,10-14H2. The summed E-state index contributed by atoms with van der Waals surface area (Å²) < 4.78 is 5.78. The Morgan fingerprint density at radius 1 is 1.04 bits per heavy atom. The molecule has 0 spiro atoms. The van der Waals surface area contributed by atoms with Gasteiger partial charge in [0.05, 0.1) is 0 Å². The third kappa shape index (κ3) is 2.41. The number of aromatic nitrogens is 1. The summed E-state index contributed by atoms with van der Waals surface area (Å²) in [6.45, 7) is 2.11. The van der Waals surface area contributed by atoms with Gasteiger partial charge in [-0.05, 0) is 42.3 Å². The van der Waals surface area contributed by atoms with E-state index in [2.05, 4.69) is 23.2 Å². The van der Waals surface area contributed by atoms with E-state index in [9.17, 15) is 4.79 Å². The Bertz CT molecular complexity index is 1020. The highest BCUT2D eigenvalue weighted by atomic mass is 16.5. The maximum Gasteiger partial charge on any atom is 0.253 e. The van der Waals surface area contributed by atoms with Crippen LogP contribution in [0.5, 0.6) is 5.75 Å². The highest BCUT2D eigenvalue weighted by molar-refractivity contribution is 5.96. The third-order valence-corrected chi connectivity index (χ3v) is 5.35. The van der Waals surface area contributed by atoms with Gasteiger partial charge >= 0.3 is 0 Å². The zero-order chi connectivity index (χ0) is 17.5. The number of rotatable bonds is 1. The van der Waals surface area contributed by atoms with Gasteiger partial charge < -0.3 is 14.6 Å². The topological polar surface area (TPSA) is 45.3 Å². The molecule has 26 heavy (non-hydrogen) atoms. The number of ether oxygens (including phenoxy) is 1. The fourth-order valence-electron chi connectivity index (χ4n) is 4.07. The summed E-state index contributed by atoms with van der Waals surface area (Å²) in [5, 5.41) is 1.25. The van der Waals surface area contributed by atoms with Crippen molar-refractivity contribution in [1.29, 1.82) is 0 Å². The van der Waals surface area contributed by atoms with Crippen molar-refractivity contribution in [1.82, 2.24) is 9.88 Å². The van der Waals surface area contributed by atoms with Crippen LogP contribution < -0.4 is 4.74 Å². The number of hydrogen-bond acceptors (Lipinski definition) is 2. The van der Waals surface area contributed by atoms with E-state index >= 15 is 0 Å². The number of H-pyrrole nitrogens is 1. The molecule has 1 N–H and O–H groups in total. The van der Waals surface area contributed by atoms with Gasteiger partial charge in [-0.2, -0.15) is 0 Å². The number of amides is 1. The number of benzene rings is 2. The molecule has 2 aliphatic heterocycles. The van der Waals surface area contributed by atoms with Crippen LogP contribution in [0.3, 0.4) is 0 Å². The van der Waals surface area contributed by atoms with Crippen LogP contribution in [-0.2, 0) is 12.8 Å². The molecule has 2 aliphatic rings. The number of nitrogens with one attached hydrogen (secondary N) is 1. The molecular formula is C22H20N2O2. The summed E-state index contributed by atoms with van der Waals surface area (Å²) in [7, 11) is 0. The zero-order valence-electron chi connectivity index (χ0n) is 14.5. The van der Waals surface area contributed by atoms with Crippen LogP contribution in [0.2, 0.25) is 0 Å². The fourth-order valence-corrected chi connectivity index (χ4v) is 4.07. The van der Waals surface area contributed by atoms with E-state index < -0.39 is 0 Å². The number of carbonyl (C=O) groups is 1. The maximum absolute atomic E-state index is 12.8. The van der Waals surface area contributed by atoms with E-state index in [4.69, 9.17) is 4.74 Å². The van der Waals surface area contributed by atoms with Crippen LogP contribution in [0.15, 0.2) is 48.5 Å². The highest BCUT2D eigenvalue weighted by Crippen LogP contribution is 2.36. The molecule has 0 atom stereocenters. The number of fused-ring (bicyclic) bond motifs is 5. The number of aromatic amines is 1. The number of hydrogen-bond donors (Lipinski definition) is 1. The average Bonchev–Trinajstić information content (AvgIpc) is 2.93. The first kappa shape index (κ1) is 15.3. The maximum atomic E-state index is 12.8. The largest absolute Gasteiger partial charge is 0.489 e. The molecule has 5 rings (SSSR count). The lowest BCUT2D eigenvalue weighted by molar-refractivity contribution is 0.0763. The van der Waals surface area contributed by atoms with Crippen LogP contribution >= 0.6 is 0 Å². The van der Waals surface area contributed by atoms with Gasteiger partial charge in [-0.1, -0.05) is 24.3 Å². The summed E-state index contributed by atoms with van der Waals surface area (Å²) in [5.74, 6) is 1.06. The highest BCUT2D eigenvalue weighted by Gasteiger charge is 2.24. The minimum Gasteiger partial charge on any atom is -0.489 e. The van der Waals surface area contributed by atoms with Gasteiger partial charge in [-0.25, -0.2) is 0 Å². The van der Waals surface area contributed by atoms with Crippen LogP contribution in [0.25, 0.3) is 17.0 Å². The summed E-state index contributed by atoms with van der Waals surface area (Å²) in [6, 6.07) is 13.7. The van der Waals surface area contributed by atoms with E-state index in [1.54, 1.807) is 0 Å². The van der Waals surface area contributed by atoms with Gasteiger partial charge in [0, 0.05) is 47.2 Å². The van der Waals surface area contributed by atoms with Crippen molar-refractivity contribution in [2.45, 2.75) is 12.8 Å². The molecule has 1 amide bonds. The Kier molecular flexibility index (Phi) is 3.56. The first-order valence-electron chi connectivity index (χ1n) is 9.11.